The summed E-state index contributed by atoms with van der Waals surface area (Å²) in [7, 11) is 0. The van der Waals surface area contributed by atoms with E-state index in [2.05, 4.69) is 5.32 Å². The van der Waals surface area contributed by atoms with Gasteiger partial charge in [0.25, 0.3) is 11.5 Å². The molecule has 4 atom stereocenters. The van der Waals surface area contributed by atoms with Gasteiger partial charge in [0.05, 0.1) is 5.41 Å². The van der Waals surface area contributed by atoms with Crippen molar-refractivity contribution in [1.29, 1.82) is 0 Å². The third kappa shape index (κ3) is 6.19. The smallest absolute Gasteiger partial charge is 0.407 e. The molecule has 6 rings (SSSR count). The van der Waals surface area contributed by atoms with E-state index in [1.807, 2.05) is 48.5 Å². The predicted molar refractivity (Wildman–Crippen MR) is 173 cm³/mol. The van der Waals surface area contributed by atoms with Crippen molar-refractivity contribution < 1.29 is 33.7 Å². The molecule has 0 saturated carbocycles. The quantitative estimate of drug-likeness (QED) is 0.286. The monoisotopic (exact) mass is 653 g/mol. The Hall–Kier alpha value is -5.33. The van der Waals surface area contributed by atoms with Crippen molar-refractivity contribution in [3.8, 4) is 11.1 Å². The molecule has 1 aliphatic carbocycles. The Morgan fingerprint density at radius 2 is 1.44 bits per heavy atom. The van der Waals surface area contributed by atoms with E-state index in [-0.39, 0.29) is 18.1 Å². The number of nitrogens with zero attached hydrogens (tertiary/aromatic N) is 2. The third-order valence-corrected chi connectivity index (χ3v) is 8.50. The summed E-state index contributed by atoms with van der Waals surface area (Å²) in [6, 6.07) is 23.2. The molecule has 248 valence electrons. The number of hydrogen-bond donors (Lipinski definition) is 2. The largest absolute Gasteiger partial charge is 0.462 e. The number of fused-ring (bicyclic) bond motifs is 3. The van der Waals surface area contributed by atoms with Crippen LogP contribution in [0.15, 0.2) is 101 Å². The summed E-state index contributed by atoms with van der Waals surface area (Å²) in [5.41, 5.74) is 1.44. The van der Waals surface area contributed by atoms with Gasteiger partial charge in [0.1, 0.15) is 31.5 Å². The molecule has 1 aromatic heterocycles. The fourth-order valence-electron chi connectivity index (χ4n) is 6.01. The highest BCUT2D eigenvalue weighted by Crippen LogP contribution is 2.44. The number of benzene rings is 3. The van der Waals surface area contributed by atoms with E-state index in [9.17, 15) is 29.1 Å². The second-order valence-corrected chi connectivity index (χ2v) is 12.8. The Kier molecular flexibility index (Phi) is 8.87. The molecule has 1 amide bonds. The molecular formula is C36H35N3O9. The number of ether oxygens (including phenoxy) is 3. The number of esters is 1. The first-order valence-corrected chi connectivity index (χ1v) is 15.5. The van der Waals surface area contributed by atoms with Crippen LogP contribution < -0.4 is 16.6 Å². The van der Waals surface area contributed by atoms with Crippen LogP contribution in [0.2, 0.25) is 0 Å². The molecular weight excluding hydrogens is 618 g/mol. The lowest BCUT2D eigenvalue weighted by atomic mass is 9.97. The number of alkyl carbamates (subject to hydrolysis) is 1. The number of hydrogen-bond acceptors (Lipinski definition) is 9. The van der Waals surface area contributed by atoms with E-state index in [1.165, 1.54) is 12.1 Å². The first-order valence-electron chi connectivity index (χ1n) is 15.5. The molecule has 2 aliphatic rings. The Morgan fingerprint density at radius 3 is 2.06 bits per heavy atom. The van der Waals surface area contributed by atoms with Gasteiger partial charge in [-0.05, 0) is 55.2 Å². The van der Waals surface area contributed by atoms with Crippen LogP contribution in [0.1, 0.15) is 54.4 Å². The van der Waals surface area contributed by atoms with Gasteiger partial charge >= 0.3 is 17.8 Å². The zero-order chi connectivity index (χ0) is 34.2. The number of carbonyl (C=O) groups excluding carboxylic acids is 3. The Bertz CT molecular complexity index is 1930. The molecule has 2 N–H and O–H groups in total. The SMILES string of the molecule is CC(C)(C)C(=O)OC[C@H]1O[C@@H](n2ccc(=O)n(C(=O)c3ccccc3)c2=O)C(NC(=O)OCC2c3ccccc3-c3ccccc32)[C@H]1O. The van der Waals surface area contributed by atoms with Crippen molar-refractivity contribution in [2.75, 3.05) is 13.2 Å². The number of rotatable bonds is 7. The van der Waals surface area contributed by atoms with Crippen LogP contribution in [0.4, 0.5) is 4.79 Å². The Balaban J connectivity index is 1.27. The van der Waals surface area contributed by atoms with Crippen molar-refractivity contribution in [2.24, 2.45) is 5.41 Å². The summed E-state index contributed by atoms with van der Waals surface area (Å²) >= 11 is 0. The summed E-state index contributed by atoms with van der Waals surface area (Å²) in [6.45, 7) is 4.58. The first kappa shape index (κ1) is 32.6. The van der Waals surface area contributed by atoms with Gasteiger partial charge in [-0.15, -0.1) is 0 Å². The minimum absolute atomic E-state index is 0.0166. The molecule has 0 spiro atoms. The minimum Gasteiger partial charge on any atom is -0.462 e. The fourth-order valence-corrected chi connectivity index (χ4v) is 6.01. The fraction of sp³-hybridized carbons (Fsp3) is 0.306. The highest BCUT2D eigenvalue weighted by molar-refractivity contribution is 5.95. The minimum atomic E-state index is -1.49. The third-order valence-electron chi connectivity index (χ3n) is 8.50. The van der Waals surface area contributed by atoms with Crippen LogP contribution >= 0.6 is 0 Å². The van der Waals surface area contributed by atoms with Crippen LogP contribution in [0, 0.1) is 5.41 Å². The molecule has 0 radical (unpaired) electrons. The lowest BCUT2D eigenvalue weighted by Gasteiger charge is -2.24. The van der Waals surface area contributed by atoms with Gasteiger partial charge in [-0.2, -0.15) is 4.57 Å². The van der Waals surface area contributed by atoms with Gasteiger partial charge < -0.3 is 24.6 Å². The lowest BCUT2D eigenvalue weighted by Crippen LogP contribution is -2.51. The average Bonchev–Trinajstić information content (AvgIpc) is 3.56. The topological polar surface area (TPSA) is 155 Å². The Labute approximate surface area is 275 Å². The van der Waals surface area contributed by atoms with Crippen molar-refractivity contribution in [3.05, 3.63) is 129 Å². The number of nitrogens with one attached hydrogen (secondary N) is 1. The van der Waals surface area contributed by atoms with Crippen LogP contribution in [-0.4, -0.2) is 63.7 Å². The van der Waals surface area contributed by atoms with Crippen LogP contribution in [0.5, 0.6) is 0 Å². The summed E-state index contributed by atoms with van der Waals surface area (Å²) < 4.78 is 18.5. The normalized spacial score (nSPS) is 20.1. The van der Waals surface area contributed by atoms with Crippen molar-refractivity contribution in [3.63, 3.8) is 0 Å². The van der Waals surface area contributed by atoms with Crippen LogP contribution in [-0.2, 0) is 19.0 Å². The molecule has 1 unspecified atom stereocenters. The highest BCUT2D eigenvalue weighted by Gasteiger charge is 2.47. The van der Waals surface area contributed by atoms with Crippen molar-refractivity contribution in [2.45, 2.75) is 51.2 Å². The summed E-state index contributed by atoms with van der Waals surface area (Å²) in [6.07, 6.45) is -3.87. The molecule has 2 heterocycles. The maximum Gasteiger partial charge on any atom is 0.407 e. The number of aliphatic hydroxyl groups is 1. The van der Waals surface area contributed by atoms with E-state index >= 15 is 0 Å². The maximum absolute atomic E-state index is 13.7. The number of amides is 1. The van der Waals surface area contributed by atoms with Gasteiger partial charge in [0.15, 0.2) is 6.23 Å². The average molecular weight is 654 g/mol. The second kappa shape index (κ2) is 13.1. The molecule has 1 aliphatic heterocycles. The number of carbonyl (C=O) groups is 3. The predicted octanol–water partition coefficient (Wildman–Crippen LogP) is 3.45. The maximum atomic E-state index is 13.7. The second-order valence-electron chi connectivity index (χ2n) is 12.8. The van der Waals surface area contributed by atoms with E-state index < -0.39 is 65.7 Å². The van der Waals surface area contributed by atoms with E-state index in [4.69, 9.17) is 14.2 Å². The summed E-state index contributed by atoms with van der Waals surface area (Å²) in [5, 5.41) is 14.0. The number of aromatic nitrogens is 2. The highest BCUT2D eigenvalue weighted by atomic mass is 16.6. The molecule has 1 fully saturated rings. The van der Waals surface area contributed by atoms with Crippen molar-refractivity contribution in [1.82, 2.24) is 14.5 Å². The van der Waals surface area contributed by atoms with Gasteiger partial charge in [0.2, 0.25) is 0 Å². The van der Waals surface area contributed by atoms with Crippen LogP contribution in [0.25, 0.3) is 11.1 Å². The summed E-state index contributed by atoms with van der Waals surface area (Å²) in [4.78, 5) is 65.5. The summed E-state index contributed by atoms with van der Waals surface area (Å²) in [5.74, 6) is -1.65. The molecule has 12 nitrogen and oxygen atoms in total. The zero-order valence-electron chi connectivity index (χ0n) is 26.6. The lowest BCUT2D eigenvalue weighted by molar-refractivity contribution is -0.159. The van der Waals surface area contributed by atoms with Gasteiger partial charge in [-0.25, -0.2) is 9.59 Å². The molecule has 3 aromatic carbocycles. The molecule has 4 aromatic rings. The standard InChI is InChI=1S/C36H35N3O9/c1-36(2,3)33(43)46-20-27-30(41)29(32(48-27)38-18-17-28(40)39(35(38)45)31(42)21-11-5-4-6-12-21)37-34(44)47-19-26-24-15-9-7-13-22(24)23-14-8-10-16-25(23)26/h4-18,26-27,29-30,32,41H,19-20H2,1-3H3,(H,37,44)/t27-,29?,30+,32-/m1/s1. The molecule has 48 heavy (non-hydrogen) atoms. The van der Waals surface area contributed by atoms with Gasteiger partial charge in [-0.1, -0.05) is 66.7 Å². The van der Waals surface area contributed by atoms with Crippen molar-refractivity contribution >= 4 is 18.0 Å². The molecule has 12 heteroatoms. The molecule has 1 saturated heterocycles. The first-order chi connectivity index (χ1) is 23.0. The Morgan fingerprint density at radius 1 is 0.833 bits per heavy atom. The van der Waals surface area contributed by atoms with Gasteiger partial charge in [0, 0.05) is 23.7 Å². The van der Waals surface area contributed by atoms with E-state index in [1.54, 1.807) is 39.0 Å². The van der Waals surface area contributed by atoms with E-state index in [0.29, 0.717) is 4.57 Å². The van der Waals surface area contributed by atoms with E-state index in [0.717, 1.165) is 39.1 Å². The van der Waals surface area contributed by atoms with Gasteiger partial charge in [-0.3, -0.25) is 19.0 Å². The molecule has 0 bridgehead atoms. The van der Waals surface area contributed by atoms with Crippen LogP contribution in [0.3, 0.4) is 0 Å². The zero-order valence-corrected chi connectivity index (χ0v) is 26.6. The number of aliphatic hydroxyl groups excluding tert-OH is 1.